The molecule has 0 saturated heterocycles. The molecule has 1 unspecified atom stereocenters. The van der Waals surface area contributed by atoms with E-state index in [1.807, 2.05) is 14.0 Å². The molecule has 2 N–H and O–H groups in total. The summed E-state index contributed by atoms with van der Waals surface area (Å²) in [5.74, 6) is -0.440. The van der Waals surface area contributed by atoms with E-state index in [2.05, 4.69) is 10.2 Å². The van der Waals surface area contributed by atoms with Gasteiger partial charge in [-0.25, -0.2) is 0 Å². The maximum atomic E-state index is 11.6. The molecule has 1 aliphatic carbocycles. The maximum absolute atomic E-state index is 11.6. The first-order valence-corrected chi connectivity index (χ1v) is 6.72. The molecule has 5 heteroatoms. The quantitative estimate of drug-likeness (QED) is 0.568. The maximum Gasteiger partial charge on any atom is 0.325 e. The first kappa shape index (κ1) is 15.4. The van der Waals surface area contributed by atoms with Crippen molar-refractivity contribution in [3.05, 3.63) is 0 Å². The third-order valence-corrected chi connectivity index (χ3v) is 3.56. The summed E-state index contributed by atoms with van der Waals surface area (Å²) in [6.45, 7) is 4.79. The second-order valence-corrected chi connectivity index (χ2v) is 5.17. The van der Waals surface area contributed by atoms with E-state index in [1.54, 1.807) is 7.11 Å². The molecule has 0 aromatic heterocycles. The van der Waals surface area contributed by atoms with Crippen molar-refractivity contribution >= 4 is 5.97 Å². The number of nitrogens with zero attached hydrogens (tertiary/aromatic N) is 1. The number of methoxy groups -OCH3 is 1. The van der Waals surface area contributed by atoms with Crippen molar-refractivity contribution in [1.82, 2.24) is 10.2 Å². The van der Waals surface area contributed by atoms with E-state index in [1.165, 1.54) is 0 Å². The van der Waals surface area contributed by atoms with Crippen LogP contribution in [0.4, 0.5) is 0 Å². The van der Waals surface area contributed by atoms with Crippen molar-refractivity contribution in [2.24, 2.45) is 5.92 Å². The molecule has 0 spiro atoms. The van der Waals surface area contributed by atoms with Crippen LogP contribution in [-0.2, 0) is 9.53 Å². The molecule has 0 aromatic carbocycles. The molecular weight excluding hydrogens is 232 g/mol. The van der Waals surface area contributed by atoms with E-state index in [9.17, 15) is 9.90 Å². The zero-order valence-corrected chi connectivity index (χ0v) is 11.7. The molecule has 0 amide bonds. The molecule has 1 aliphatic rings. The predicted molar refractivity (Wildman–Crippen MR) is 70.8 cm³/mol. The van der Waals surface area contributed by atoms with Crippen LogP contribution in [0.2, 0.25) is 0 Å². The summed E-state index contributed by atoms with van der Waals surface area (Å²) in [6.07, 6.45) is 2.97. The Bertz CT molecular complexity index is 269. The van der Waals surface area contributed by atoms with Crippen LogP contribution in [0.3, 0.4) is 0 Å². The Labute approximate surface area is 109 Å². The van der Waals surface area contributed by atoms with Gasteiger partial charge in [-0.1, -0.05) is 6.92 Å². The van der Waals surface area contributed by atoms with E-state index in [0.29, 0.717) is 13.1 Å². The van der Waals surface area contributed by atoms with E-state index in [0.717, 1.165) is 32.4 Å². The van der Waals surface area contributed by atoms with E-state index < -0.39 is 11.5 Å². The van der Waals surface area contributed by atoms with Crippen molar-refractivity contribution < 1.29 is 14.6 Å². The number of nitrogens with one attached hydrogen (secondary N) is 1. The summed E-state index contributed by atoms with van der Waals surface area (Å²) in [5, 5.41) is 12.8. The van der Waals surface area contributed by atoms with Crippen molar-refractivity contribution in [2.45, 2.75) is 31.7 Å². The summed E-state index contributed by atoms with van der Waals surface area (Å²) in [6, 6.07) is 0. The van der Waals surface area contributed by atoms with Crippen molar-refractivity contribution in [1.29, 1.82) is 0 Å². The Morgan fingerprint density at radius 1 is 1.56 bits per heavy atom. The van der Waals surface area contributed by atoms with Gasteiger partial charge in [0.05, 0.1) is 0 Å². The Balaban J connectivity index is 2.57. The molecule has 1 fully saturated rings. The normalized spacial score (nSPS) is 18.9. The van der Waals surface area contributed by atoms with Crippen molar-refractivity contribution in [2.75, 3.05) is 40.4 Å². The zero-order valence-electron chi connectivity index (χ0n) is 11.7. The van der Waals surface area contributed by atoms with E-state index in [-0.39, 0.29) is 5.92 Å². The second kappa shape index (κ2) is 7.07. The minimum absolute atomic E-state index is 0.278. The van der Waals surface area contributed by atoms with Crippen molar-refractivity contribution in [3.8, 4) is 0 Å². The number of ether oxygens (including phenoxy) is 1. The van der Waals surface area contributed by atoms with Gasteiger partial charge in [0.1, 0.15) is 5.54 Å². The van der Waals surface area contributed by atoms with Gasteiger partial charge in [0.2, 0.25) is 0 Å². The Morgan fingerprint density at radius 3 is 2.67 bits per heavy atom. The highest BCUT2D eigenvalue weighted by molar-refractivity contribution is 5.80. The summed E-state index contributed by atoms with van der Waals surface area (Å²) in [5.41, 5.74) is -0.767. The molecule has 0 radical (unpaired) electrons. The minimum atomic E-state index is -0.767. The van der Waals surface area contributed by atoms with Crippen LogP contribution >= 0.6 is 0 Å². The van der Waals surface area contributed by atoms with Gasteiger partial charge in [0, 0.05) is 26.8 Å². The van der Waals surface area contributed by atoms with Crippen LogP contribution in [-0.4, -0.2) is 61.9 Å². The number of rotatable bonds is 10. The van der Waals surface area contributed by atoms with Crippen LogP contribution in [0.25, 0.3) is 0 Å². The summed E-state index contributed by atoms with van der Waals surface area (Å²) < 4.78 is 5.02. The fraction of sp³-hybridized carbons (Fsp3) is 0.923. The van der Waals surface area contributed by atoms with Gasteiger partial charge in [-0.05, 0) is 38.8 Å². The molecule has 0 heterocycles. The Morgan fingerprint density at radius 2 is 2.22 bits per heavy atom. The molecule has 1 atom stereocenters. The number of carboxylic acids is 1. The fourth-order valence-corrected chi connectivity index (χ4v) is 2.52. The van der Waals surface area contributed by atoms with E-state index in [4.69, 9.17) is 4.74 Å². The van der Waals surface area contributed by atoms with Crippen LogP contribution in [0.5, 0.6) is 0 Å². The highest BCUT2D eigenvalue weighted by Crippen LogP contribution is 2.40. The lowest BCUT2D eigenvalue weighted by Crippen LogP contribution is -2.60. The molecule has 1 saturated carbocycles. The van der Waals surface area contributed by atoms with Crippen molar-refractivity contribution in [3.63, 3.8) is 0 Å². The summed E-state index contributed by atoms with van der Waals surface area (Å²) >= 11 is 0. The van der Waals surface area contributed by atoms with Gasteiger partial charge in [-0.2, -0.15) is 0 Å². The molecule has 0 bridgehead atoms. The first-order chi connectivity index (χ1) is 8.56. The lowest BCUT2D eigenvalue weighted by molar-refractivity contribution is -0.146. The number of hydrogen-bond acceptors (Lipinski definition) is 4. The van der Waals surface area contributed by atoms with Gasteiger partial charge in [0.15, 0.2) is 0 Å². The van der Waals surface area contributed by atoms with E-state index >= 15 is 0 Å². The number of carboxylic acid groups (broad SMARTS) is 1. The third-order valence-electron chi connectivity index (χ3n) is 3.56. The first-order valence-electron chi connectivity index (χ1n) is 6.72. The van der Waals surface area contributed by atoms with Crippen LogP contribution in [0.1, 0.15) is 26.2 Å². The summed E-state index contributed by atoms with van der Waals surface area (Å²) in [7, 11) is 3.66. The highest BCUT2D eigenvalue weighted by Gasteiger charge is 2.51. The fourth-order valence-electron chi connectivity index (χ4n) is 2.52. The average molecular weight is 258 g/mol. The largest absolute Gasteiger partial charge is 0.480 e. The number of likely N-dealkylation sites (N-methyl/N-ethyl adjacent to an activating group) is 2. The van der Waals surface area contributed by atoms with Gasteiger partial charge < -0.3 is 20.1 Å². The molecular formula is C13H26N2O3. The Kier molecular flexibility index (Phi) is 6.05. The molecule has 5 nitrogen and oxygen atoms in total. The minimum Gasteiger partial charge on any atom is -0.480 e. The lowest BCUT2D eigenvalue weighted by Gasteiger charge is -2.34. The molecule has 1 rings (SSSR count). The monoisotopic (exact) mass is 258 g/mol. The number of hydrogen-bond donors (Lipinski definition) is 2. The zero-order chi connectivity index (χ0) is 13.6. The lowest BCUT2D eigenvalue weighted by atomic mass is 9.92. The van der Waals surface area contributed by atoms with Gasteiger partial charge in [-0.15, -0.1) is 0 Å². The van der Waals surface area contributed by atoms with Crippen LogP contribution in [0.15, 0.2) is 0 Å². The SMILES string of the molecule is CCNC(CN(C)CCCOC)(C(=O)O)C1CC1. The predicted octanol–water partition coefficient (Wildman–Crippen LogP) is 0.798. The third kappa shape index (κ3) is 3.93. The number of aliphatic carboxylic acids is 1. The van der Waals surface area contributed by atoms with Crippen LogP contribution in [0, 0.1) is 5.92 Å². The van der Waals surface area contributed by atoms with Crippen LogP contribution < -0.4 is 5.32 Å². The second-order valence-electron chi connectivity index (χ2n) is 5.17. The summed E-state index contributed by atoms with van der Waals surface area (Å²) in [4.78, 5) is 13.7. The Hall–Kier alpha value is -0.650. The topological polar surface area (TPSA) is 61.8 Å². The molecule has 106 valence electrons. The molecule has 0 aliphatic heterocycles. The number of carbonyl (C=O) groups is 1. The average Bonchev–Trinajstić information content (AvgIpc) is 3.12. The molecule has 18 heavy (non-hydrogen) atoms. The van der Waals surface area contributed by atoms with Gasteiger partial charge in [0.25, 0.3) is 0 Å². The van der Waals surface area contributed by atoms with Gasteiger partial charge in [-0.3, -0.25) is 4.79 Å². The highest BCUT2D eigenvalue weighted by atomic mass is 16.5. The van der Waals surface area contributed by atoms with Gasteiger partial charge >= 0.3 is 5.97 Å². The smallest absolute Gasteiger partial charge is 0.325 e. The molecule has 0 aromatic rings. The standard InChI is InChI=1S/C13H26N2O3/c1-4-14-13(12(16)17,11-6-7-11)10-15(2)8-5-9-18-3/h11,14H,4-10H2,1-3H3,(H,16,17).